The van der Waals surface area contributed by atoms with Crippen LogP contribution in [0.2, 0.25) is 0 Å². The predicted molar refractivity (Wildman–Crippen MR) is 148 cm³/mol. The van der Waals surface area contributed by atoms with Crippen molar-refractivity contribution in [1.29, 1.82) is 5.26 Å². The highest BCUT2D eigenvalue weighted by Crippen LogP contribution is 2.27. The molecule has 3 heterocycles. The van der Waals surface area contributed by atoms with E-state index in [1.54, 1.807) is 29.3 Å². The van der Waals surface area contributed by atoms with Gasteiger partial charge in [0.05, 0.1) is 18.2 Å². The van der Waals surface area contributed by atoms with Crippen LogP contribution in [-0.4, -0.2) is 70.7 Å². The second-order valence-corrected chi connectivity index (χ2v) is 10.9. The molecule has 214 valence electrons. The van der Waals surface area contributed by atoms with Crippen LogP contribution in [0.25, 0.3) is 11.1 Å². The first-order chi connectivity index (χ1) is 19.2. The highest BCUT2D eigenvalue weighted by atomic mass is 19.1. The molecule has 2 N–H and O–H groups in total. The lowest BCUT2D eigenvalue weighted by Crippen LogP contribution is -2.46. The second kappa shape index (κ2) is 13.1. The van der Waals surface area contributed by atoms with E-state index in [2.05, 4.69) is 11.1 Å². The Morgan fingerprint density at radius 2 is 1.85 bits per heavy atom. The number of pyridine rings is 1. The minimum atomic E-state index is -0.907. The Labute approximate surface area is 235 Å². The number of ether oxygens (including phenoxy) is 2. The lowest BCUT2D eigenvalue weighted by Gasteiger charge is -2.34. The van der Waals surface area contributed by atoms with E-state index < -0.39 is 17.9 Å². The van der Waals surface area contributed by atoms with Crippen molar-refractivity contribution < 1.29 is 23.5 Å². The number of nitrogens with zero attached hydrogens (tertiary/aromatic N) is 4. The molecule has 2 saturated heterocycles. The van der Waals surface area contributed by atoms with Crippen LogP contribution in [0.5, 0.6) is 5.88 Å². The zero-order valence-corrected chi connectivity index (χ0v) is 23.4. The molecule has 2 aromatic rings. The Hall–Kier alpha value is -3.71. The maximum absolute atomic E-state index is 15.0. The van der Waals surface area contributed by atoms with Gasteiger partial charge in [0.2, 0.25) is 11.8 Å². The Balaban J connectivity index is 1.30. The van der Waals surface area contributed by atoms with Crippen molar-refractivity contribution in [1.82, 2.24) is 14.8 Å². The monoisotopic (exact) mass is 551 g/mol. The van der Waals surface area contributed by atoms with Crippen LogP contribution in [0.1, 0.15) is 52.0 Å². The van der Waals surface area contributed by atoms with Crippen LogP contribution in [0.15, 0.2) is 36.5 Å². The van der Waals surface area contributed by atoms with Gasteiger partial charge in [-0.05, 0) is 82.1 Å². The second-order valence-electron chi connectivity index (χ2n) is 10.9. The fourth-order valence-electron chi connectivity index (χ4n) is 5.33. The average molecular weight is 552 g/mol. The first-order valence-electron chi connectivity index (χ1n) is 14.0. The number of rotatable bonds is 8. The number of piperidine rings is 1. The molecule has 2 unspecified atom stereocenters. The van der Waals surface area contributed by atoms with Gasteiger partial charge in [0.25, 0.3) is 0 Å². The topological polar surface area (TPSA) is 122 Å². The van der Waals surface area contributed by atoms with Gasteiger partial charge in [0.1, 0.15) is 18.0 Å². The summed E-state index contributed by atoms with van der Waals surface area (Å²) in [4.78, 5) is 32.5. The number of halogens is 1. The van der Waals surface area contributed by atoms with Crippen molar-refractivity contribution in [3.8, 4) is 23.1 Å². The third-order valence-electron chi connectivity index (χ3n) is 7.67. The van der Waals surface area contributed by atoms with Crippen molar-refractivity contribution in [3.63, 3.8) is 0 Å². The summed E-state index contributed by atoms with van der Waals surface area (Å²) in [6.45, 7) is 7.47. The smallest absolute Gasteiger partial charge is 0.410 e. The summed E-state index contributed by atoms with van der Waals surface area (Å²) in [5, 5.41) is 9.23. The number of carbonyl (C=O) groups excluding carboxylic acids is 2. The number of likely N-dealkylation sites (tertiary alicyclic amines) is 2. The van der Waals surface area contributed by atoms with Crippen LogP contribution in [0, 0.1) is 23.1 Å². The largest absolute Gasteiger partial charge is 0.474 e. The molecule has 1 aromatic heterocycles. The first kappa shape index (κ1) is 29.3. The molecule has 40 heavy (non-hydrogen) atoms. The molecule has 1 aromatic carbocycles. The molecule has 0 aliphatic carbocycles. The molecule has 0 spiro atoms. The van der Waals surface area contributed by atoms with Gasteiger partial charge in [-0.3, -0.25) is 4.79 Å². The zero-order valence-electron chi connectivity index (χ0n) is 23.4. The minimum absolute atomic E-state index is 0.0559. The number of benzene rings is 1. The van der Waals surface area contributed by atoms with E-state index in [1.807, 2.05) is 26.8 Å². The fourth-order valence-corrected chi connectivity index (χ4v) is 5.33. The molecule has 0 saturated carbocycles. The summed E-state index contributed by atoms with van der Waals surface area (Å²) in [5.41, 5.74) is 7.83. The van der Waals surface area contributed by atoms with Gasteiger partial charge in [-0.25, -0.2) is 14.2 Å². The van der Waals surface area contributed by atoms with Gasteiger partial charge < -0.3 is 25.0 Å². The standard InChI is InChI=1S/C30H38FN5O4/c1-19(2)39-30(38)35-13-10-21(11-14-35)20(3)40-28-9-8-24(18-34-28)22-6-7-23(26(31)15-22)16-27(33)29(37)36-12-4-5-25(36)17-32/h6-9,15,18-21,25,27H,4-5,10-14,16,33H2,1-3H3/t20-,25?,27?/m0/s1. The molecule has 3 atom stereocenters. The summed E-state index contributed by atoms with van der Waals surface area (Å²) < 4.78 is 26.3. The van der Waals surface area contributed by atoms with Crippen molar-refractivity contribution in [2.75, 3.05) is 19.6 Å². The number of aromatic nitrogens is 1. The van der Waals surface area contributed by atoms with E-state index in [0.29, 0.717) is 49.0 Å². The SMILES string of the molecule is CC(C)OC(=O)N1CCC([C@H](C)Oc2ccc(-c3ccc(CC(N)C(=O)N4CCCC4C#N)c(F)c3)cn2)CC1. The van der Waals surface area contributed by atoms with E-state index in [4.69, 9.17) is 15.2 Å². The highest BCUT2D eigenvalue weighted by Gasteiger charge is 2.32. The molecule has 2 amide bonds. The van der Waals surface area contributed by atoms with Crippen molar-refractivity contribution in [3.05, 3.63) is 47.9 Å². The molecule has 2 fully saturated rings. The van der Waals surface area contributed by atoms with Crippen molar-refractivity contribution >= 4 is 12.0 Å². The summed E-state index contributed by atoms with van der Waals surface area (Å²) >= 11 is 0. The van der Waals surface area contributed by atoms with Gasteiger partial charge in [0.15, 0.2) is 0 Å². The Bertz CT molecular complexity index is 1220. The lowest BCUT2D eigenvalue weighted by molar-refractivity contribution is -0.132. The maximum atomic E-state index is 15.0. The molecular formula is C30H38FN5O4. The molecule has 9 nitrogen and oxygen atoms in total. The van der Waals surface area contributed by atoms with E-state index in [9.17, 15) is 19.2 Å². The van der Waals surface area contributed by atoms with E-state index in [-0.39, 0.29) is 30.6 Å². The molecular weight excluding hydrogens is 513 g/mol. The molecule has 2 aliphatic heterocycles. The zero-order chi connectivity index (χ0) is 28.8. The van der Waals surface area contributed by atoms with Crippen LogP contribution in [0.3, 0.4) is 0 Å². The van der Waals surface area contributed by atoms with Crippen molar-refractivity contribution in [2.24, 2.45) is 11.7 Å². The minimum Gasteiger partial charge on any atom is -0.474 e. The Morgan fingerprint density at radius 3 is 2.48 bits per heavy atom. The van der Waals surface area contributed by atoms with Gasteiger partial charge >= 0.3 is 6.09 Å². The molecule has 4 rings (SSSR count). The number of hydrogen-bond acceptors (Lipinski definition) is 7. The van der Waals surface area contributed by atoms with E-state index in [0.717, 1.165) is 24.8 Å². The summed E-state index contributed by atoms with van der Waals surface area (Å²) in [6, 6.07) is 9.20. The van der Waals surface area contributed by atoms with Gasteiger partial charge in [-0.1, -0.05) is 12.1 Å². The van der Waals surface area contributed by atoms with E-state index in [1.165, 1.54) is 11.0 Å². The summed E-state index contributed by atoms with van der Waals surface area (Å²) in [7, 11) is 0. The number of nitriles is 1. The van der Waals surface area contributed by atoms with Gasteiger partial charge in [-0.15, -0.1) is 0 Å². The van der Waals surface area contributed by atoms with Gasteiger partial charge in [0, 0.05) is 37.5 Å². The third kappa shape index (κ3) is 7.07. The number of carbonyl (C=O) groups is 2. The predicted octanol–water partition coefficient (Wildman–Crippen LogP) is 4.30. The molecule has 0 bridgehead atoms. The fraction of sp³-hybridized carbons (Fsp3) is 0.533. The quantitative estimate of drug-likeness (QED) is 0.519. The maximum Gasteiger partial charge on any atom is 0.410 e. The molecule has 0 radical (unpaired) electrons. The van der Waals surface area contributed by atoms with Crippen LogP contribution >= 0.6 is 0 Å². The van der Waals surface area contributed by atoms with E-state index >= 15 is 0 Å². The van der Waals surface area contributed by atoms with Gasteiger partial charge in [-0.2, -0.15) is 5.26 Å². The van der Waals surface area contributed by atoms with Crippen LogP contribution < -0.4 is 10.5 Å². The summed E-state index contributed by atoms with van der Waals surface area (Å²) in [6.07, 6.45) is 4.28. The number of hydrogen-bond donors (Lipinski definition) is 1. The Kier molecular flexibility index (Phi) is 9.58. The van der Waals surface area contributed by atoms with Crippen LogP contribution in [-0.2, 0) is 16.0 Å². The van der Waals surface area contributed by atoms with Crippen molar-refractivity contribution in [2.45, 2.75) is 77.2 Å². The lowest BCUT2D eigenvalue weighted by atomic mass is 9.92. The number of amides is 2. The summed E-state index contributed by atoms with van der Waals surface area (Å²) in [5.74, 6) is 0.00934. The van der Waals surface area contributed by atoms with Crippen LogP contribution in [0.4, 0.5) is 9.18 Å². The average Bonchev–Trinajstić information content (AvgIpc) is 3.43. The first-order valence-corrected chi connectivity index (χ1v) is 14.0. The normalized spacial score (nSPS) is 19.3. The highest BCUT2D eigenvalue weighted by molar-refractivity contribution is 5.83. The Morgan fingerprint density at radius 1 is 1.12 bits per heavy atom. The molecule has 10 heteroatoms. The third-order valence-corrected chi connectivity index (χ3v) is 7.67. The molecule has 2 aliphatic rings. The number of nitrogens with two attached hydrogens (primary N) is 1.